The minimum Gasteiger partial charge on any atom is -0.444 e. The molecule has 1 aliphatic rings. The highest BCUT2D eigenvalue weighted by Gasteiger charge is 2.33. The average Bonchev–Trinajstić information content (AvgIpc) is 3.30. The molecule has 0 aliphatic carbocycles. The van der Waals surface area contributed by atoms with Gasteiger partial charge in [0, 0.05) is 6.54 Å². The molecule has 0 radical (unpaired) electrons. The highest BCUT2D eigenvalue weighted by molar-refractivity contribution is 9.10. The molecular weight excluding hydrogens is 397 g/mol. The van der Waals surface area contributed by atoms with Crippen LogP contribution in [0.1, 0.15) is 41.7 Å². The molecule has 0 spiro atoms. The summed E-state index contributed by atoms with van der Waals surface area (Å²) in [5, 5.41) is 12.9. The number of hydrogen-bond donors (Lipinski definition) is 0. The van der Waals surface area contributed by atoms with Crippen LogP contribution in [0.25, 0.3) is 5.69 Å². The molecule has 3 heterocycles. The second kappa shape index (κ2) is 7.07. The van der Waals surface area contributed by atoms with Crippen molar-refractivity contribution in [1.29, 1.82) is 0 Å². The van der Waals surface area contributed by atoms with Gasteiger partial charge in [0.1, 0.15) is 7.85 Å². The van der Waals surface area contributed by atoms with E-state index in [1.54, 1.807) is 17.0 Å². The van der Waals surface area contributed by atoms with E-state index < -0.39 is 0 Å². The highest BCUT2D eigenvalue weighted by Crippen LogP contribution is 2.30. The van der Waals surface area contributed by atoms with Gasteiger partial charge in [-0.15, -0.1) is 15.0 Å². The monoisotopic (exact) mass is 413 g/mol. The minimum absolute atomic E-state index is 0.146. The lowest BCUT2D eigenvalue weighted by atomic mass is 9.96. The van der Waals surface area contributed by atoms with Gasteiger partial charge in [-0.3, -0.25) is 4.79 Å². The number of tetrazole rings is 1. The Bertz CT molecular complexity index is 941. The molecule has 7 nitrogen and oxygen atoms in total. The Morgan fingerprint density at radius 2 is 2.15 bits per heavy atom. The Balaban J connectivity index is 1.62. The standard InChI is InChI=1S/C17H17BBrN5O2/c18-11-4-3-5-12(10-11)24-21-16(20-22-24)13-6-1-2-9-23(13)17(25)14-7-8-15(19)26-14/h3-5,7-8,10,13H,1-2,6,9,18H2. The quantitative estimate of drug-likeness (QED) is 0.610. The van der Waals surface area contributed by atoms with Gasteiger partial charge in [0.05, 0.1) is 11.7 Å². The lowest BCUT2D eigenvalue weighted by Gasteiger charge is -2.33. The molecule has 1 atom stereocenters. The van der Waals surface area contributed by atoms with Crippen LogP contribution < -0.4 is 5.46 Å². The zero-order valence-corrected chi connectivity index (χ0v) is 15.9. The first-order chi connectivity index (χ1) is 12.6. The summed E-state index contributed by atoms with van der Waals surface area (Å²) >= 11 is 3.24. The number of carbonyl (C=O) groups excluding carboxylic acids is 1. The zero-order valence-electron chi connectivity index (χ0n) is 14.3. The molecule has 9 heteroatoms. The molecule has 1 aromatic carbocycles. The van der Waals surface area contributed by atoms with Gasteiger partial charge in [-0.05, 0) is 64.7 Å². The first-order valence-electron chi connectivity index (χ1n) is 8.55. The van der Waals surface area contributed by atoms with Crippen molar-refractivity contribution < 1.29 is 9.21 Å². The molecule has 0 N–H and O–H groups in total. The van der Waals surface area contributed by atoms with Crippen molar-refractivity contribution in [2.75, 3.05) is 6.54 Å². The summed E-state index contributed by atoms with van der Waals surface area (Å²) in [6.45, 7) is 0.654. The summed E-state index contributed by atoms with van der Waals surface area (Å²) < 4.78 is 5.97. The van der Waals surface area contributed by atoms with E-state index in [0.717, 1.165) is 30.4 Å². The number of likely N-dealkylation sites (tertiary alicyclic amines) is 1. The molecular formula is C17H17BBrN5O2. The molecule has 1 saturated heterocycles. The van der Waals surface area contributed by atoms with Crippen LogP contribution in [0.3, 0.4) is 0 Å². The molecule has 1 unspecified atom stereocenters. The molecule has 4 rings (SSSR count). The normalized spacial score (nSPS) is 17.4. The van der Waals surface area contributed by atoms with E-state index in [9.17, 15) is 4.79 Å². The number of benzene rings is 1. The van der Waals surface area contributed by atoms with Gasteiger partial charge in [-0.1, -0.05) is 17.6 Å². The number of halogens is 1. The van der Waals surface area contributed by atoms with E-state index in [4.69, 9.17) is 4.42 Å². The Morgan fingerprint density at radius 1 is 1.27 bits per heavy atom. The van der Waals surface area contributed by atoms with Gasteiger partial charge in [0.2, 0.25) is 0 Å². The second-order valence-electron chi connectivity index (χ2n) is 6.39. The topological polar surface area (TPSA) is 77.0 Å². The predicted molar refractivity (Wildman–Crippen MR) is 101 cm³/mol. The van der Waals surface area contributed by atoms with Crippen LogP contribution in [-0.4, -0.2) is 45.4 Å². The Morgan fingerprint density at radius 3 is 2.92 bits per heavy atom. The molecule has 1 aliphatic heterocycles. The summed E-state index contributed by atoms with van der Waals surface area (Å²) in [4.78, 5) is 16.1. The zero-order chi connectivity index (χ0) is 18.1. The third-order valence-corrected chi connectivity index (χ3v) is 4.93. The van der Waals surface area contributed by atoms with Crippen LogP contribution in [0.5, 0.6) is 0 Å². The van der Waals surface area contributed by atoms with E-state index in [2.05, 4.69) is 31.3 Å². The smallest absolute Gasteiger partial charge is 0.290 e. The number of piperidine rings is 1. The lowest BCUT2D eigenvalue weighted by molar-refractivity contribution is 0.0566. The summed E-state index contributed by atoms with van der Waals surface area (Å²) in [7, 11) is 2.02. The van der Waals surface area contributed by atoms with Gasteiger partial charge in [0.15, 0.2) is 16.3 Å². The molecule has 1 amide bonds. The number of furan rings is 1. The maximum Gasteiger partial charge on any atom is 0.290 e. The number of nitrogens with zero attached hydrogens (tertiary/aromatic N) is 5. The highest BCUT2D eigenvalue weighted by atomic mass is 79.9. The van der Waals surface area contributed by atoms with Crippen molar-refractivity contribution in [2.45, 2.75) is 25.3 Å². The summed E-state index contributed by atoms with van der Waals surface area (Å²) in [5.74, 6) is 0.729. The fourth-order valence-electron chi connectivity index (χ4n) is 3.23. The second-order valence-corrected chi connectivity index (χ2v) is 7.17. The summed E-state index contributed by atoms with van der Waals surface area (Å²) in [6.07, 6.45) is 2.79. The van der Waals surface area contributed by atoms with E-state index in [1.165, 1.54) is 4.80 Å². The Hall–Kier alpha value is -2.42. The SMILES string of the molecule is Bc1cccc(-n2nnc(C3CCCCN3C(=O)c3ccc(Br)o3)n2)c1. The predicted octanol–water partition coefficient (Wildman–Crippen LogP) is 1.64. The molecule has 0 saturated carbocycles. The molecule has 26 heavy (non-hydrogen) atoms. The van der Waals surface area contributed by atoms with Crippen molar-refractivity contribution in [3.05, 3.63) is 52.7 Å². The molecule has 132 valence electrons. The minimum atomic E-state index is -0.196. The van der Waals surface area contributed by atoms with Crippen LogP contribution in [0.4, 0.5) is 0 Å². The largest absolute Gasteiger partial charge is 0.444 e. The van der Waals surface area contributed by atoms with Gasteiger partial charge in [-0.2, -0.15) is 0 Å². The third-order valence-electron chi connectivity index (χ3n) is 4.51. The van der Waals surface area contributed by atoms with Crippen LogP contribution in [0.2, 0.25) is 0 Å². The molecule has 2 aromatic heterocycles. The maximum absolute atomic E-state index is 12.8. The third kappa shape index (κ3) is 3.31. The average molecular weight is 414 g/mol. The fraction of sp³-hybridized carbons (Fsp3) is 0.294. The molecule has 3 aromatic rings. The van der Waals surface area contributed by atoms with Crippen molar-refractivity contribution >= 4 is 35.1 Å². The number of hydrogen-bond acceptors (Lipinski definition) is 5. The first-order valence-corrected chi connectivity index (χ1v) is 9.34. The van der Waals surface area contributed by atoms with Gasteiger partial charge in [-0.25, -0.2) is 0 Å². The number of amides is 1. The van der Waals surface area contributed by atoms with Crippen molar-refractivity contribution in [1.82, 2.24) is 25.1 Å². The number of rotatable bonds is 3. The van der Waals surface area contributed by atoms with E-state index in [1.807, 2.05) is 32.1 Å². The van der Waals surface area contributed by atoms with E-state index in [-0.39, 0.29) is 11.9 Å². The molecule has 0 bridgehead atoms. The van der Waals surface area contributed by atoms with Crippen LogP contribution in [-0.2, 0) is 0 Å². The lowest BCUT2D eigenvalue weighted by Crippen LogP contribution is -2.39. The van der Waals surface area contributed by atoms with Crippen molar-refractivity contribution in [2.24, 2.45) is 0 Å². The fourth-order valence-corrected chi connectivity index (χ4v) is 3.54. The summed E-state index contributed by atoms with van der Waals surface area (Å²) in [5.41, 5.74) is 1.98. The van der Waals surface area contributed by atoms with Crippen LogP contribution in [0.15, 0.2) is 45.5 Å². The van der Waals surface area contributed by atoms with E-state index in [0.29, 0.717) is 22.8 Å². The van der Waals surface area contributed by atoms with Crippen molar-refractivity contribution in [3.63, 3.8) is 0 Å². The van der Waals surface area contributed by atoms with E-state index >= 15 is 0 Å². The Kier molecular flexibility index (Phi) is 4.63. The molecule has 1 fully saturated rings. The summed E-state index contributed by atoms with van der Waals surface area (Å²) in [6, 6.07) is 11.1. The van der Waals surface area contributed by atoms with Gasteiger partial charge in [0.25, 0.3) is 5.91 Å². The first kappa shape index (κ1) is 17.0. The number of aromatic nitrogens is 4. The van der Waals surface area contributed by atoms with Crippen molar-refractivity contribution in [3.8, 4) is 5.69 Å². The van der Waals surface area contributed by atoms with Crippen LogP contribution in [0, 0.1) is 0 Å². The maximum atomic E-state index is 12.8. The van der Waals surface area contributed by atoms with Gasteiger partial charge >= 0.3 is 0 Å². The Labute approximate surface area is 159 Å². The van der Waals surface area contributed by atoms with Gasteiger partial charge < -0.3 is 9.32 Å². The number of carbonyl (C=O) groups is 1. The van der Waals surface area contributed by atoms with Crippen LogP contribution >= 0.6 is 15.9 Å².